The second-order valence-electron chi connectivity index (χ2n) is 4.69. The van der Waals surface area contributed by atoms with Gasteiger partial charge in [-0.25, -0.2) is 4.98 Å². The topological polar surface area (TPSA) is 59.5 Å². The zero-order valence-electron chi connectivity index (χ0n) is 11.4. The van der Waals surface area contributed by atoms with Crippen LogP contribution in [0.4, 0.5) is 5.82 Å². The third kappa shape index (κ3) is 2.39. The van der Waals surface area contributed by atoms with E-state index >= 15 is 0 Å². The normalized spacial score (nSPS) is 11.1. The van der Waals surface area contributed by atoms with E-state index in [1.165, 1.54) is 11.3 Å². The van der Waals surface area contributed by atoms with Gasteiger partial charge >= 0.3 is 0 Å². The number of hydrogen-bond donors (Lipinski definition) is 1. The van der Waals surface area contributed by atoms with Crippen molar-refractivity contribution in [1.29, 1.82) is 0 Å². The first kappa shape index (κ1) is 13.1. The summed E-state index contributed by atoms with van der Waals surface area (Å²) in [5.41, 5.74) is 8.14. The molecule has 0 aliphatic rings. The van der Waals surface area contributed by atoms with Crippen LogP contribution in [-0.4, -0.2) is 28.0 Å². The Morgan fingerprint density at radius 1 is 1.35 bits per heavy atom. The fraction of sp³-hybridized carbons (Fsp3) is 0.286. The SMILES string of the molecule is CN(Cc1ccncc1)c1nc2sccn2c1CCN. The molecule has 0 aromatic carbocycles. The molecule has 20 heavy (non-hydrogen) atoms. The summed E-state index contributed by atoms with van der Waals surface area (Å²) in [5.74, 6) is 1.01. The van der Waals surface area contributed by atoms with Crippen molar-refractivity contribution in [2.75, 3.05) is 18.5 Å². The Morgan fingerprint density at radius 2 is 2.15 bits per heavy atom. The molecule has 0 fully saturated rings. The van der Waals surface area contributed by atoms with Gasteiger partial charge in [-0.2, -0.15) is 0 Å². The Hall–Kier alpha value is -1.92. The van der Waals surface area contributed by atoms with Crippen LogP contribution in [0.3, 0.4) is 0 Å². The smallest absolute Gasteiger partial charge is 0.195 e. The minimum Gasteiger partial charge on any atom is -0.354 e. The first-order valence-electron chi connectivity index (χ1n) is 6.54. The highest BCUT2D eigenvalue weighted by Gasteiger charge is 2.16. The molecule has 0 saturated carbocycles. The highest BCUT2D eigenvalue weighted by atomic mass is 32.1. The van der Waals surface area contributed by atoms with Gasteiger partial charge in [-0.3, -0.25) is 9.38 Å². The fourth-order valence-corrected chi connectivity index (χ4v) is 3.06. The van der Waals surface area contributed by atoms with Crippen molar-refractivity contribution in [1.82, 2.24) is 14.4 Å². The third-order valence-corrected chi connectivity index (χ3v) is 4.01. The van der Waals surface area contributed by atoms with Gasteiger partial charge in [0.2, 0.25) is 0 Å². The number of rotatable bonds is 5. The second-order valence-corrected chi connectivity index (χ2v) is 5.56. The van der Waals surface area contributed by atoms with E-state index in [9.17, 15) is 0 Å². The Bertz CT molecular complexity index is 688. The largest absolute Gasteiger partial charge is 0.354 e. The van der Waals surface area contributed by atoms with E-state index in [1.807, 2.05) is 24.5 Å². The summed E-state index contributed by atoms with van der Waals surface area (Å²) in [6.45, 7) is 1.44. The Kier molecular flexibility index (Phi) is 3.66. The molecule has 3 heterocycles. The Morgan fingerprint density at radius 3 is 2.90 bits per heavy atom. The van der Waals surface area contributed by atoms with Crippen molar-refractivity contribution >= 4 is 22.1 Å². The summed E-state index contributed by atoms with van der Waals surface area (Å²) < 4.78 is 2.13. The quantitative estimate of drug-likeness (QED) is 0.779. The van der Waals surface area contributed by atoms with Gasteiger partial charge in [0.1, 0.15) is 0 Å². The second kappa shape index (κ2) is 5.60. The molecule has 0 atom stereocenters. The monoisotopic (exact) mass is 287 g/mol. The summed E-state index contributed by atoms with van der Waals surface area (Å²) >= 11 is 1.65. The number of anilines is 1. The van der Waals surface area contributed by atoms with Crippen molar-refractivity contribution in [3.63, 3.8) is 0 Å². The molecule has 3 rings (SSSR count). The van der Waals surface area contributed by atoms with Crippen LogP contribution >= 0.6 is 11.3 Å². The molecule has 5 nitrogen and oxygen atoms in total. The Balaban J connectivity index is 1.92. The molecule has 0 aliphatic carbocycles. The molecule has 0 amide bonds. The third-order valence-electron chi connectivity index (χ3n) is 3.25. The van der Waals surface area contributed by atoms with Crippen molar-refractivity contribution in [3.8, 4) is 0 Å². The minimum atomic E-state index is 0.625. The van der Waals surface area contributed by atoms with E-state index in [2.05, 4.69) is 32.9 Å². The van der Waals surface area contributed by atoms with Gasteiger partial charge in [0.15, 0.2) is 10.8 Å². The molecule has 0 radical (unpaired) electrons. The molecule has 0 spiro atoms. The zero-order chi connectivity index (χ0) is 13.9. The van der Waals surface area contributed by atoms with Crippen LogP contribution in [0.15, 0.2) is 36.1 Å². The molecule has 0 saturated heterocycles. The molecule has 0 unspecified atom stereocenters. The molecule has 0 aliphatic heterocycles. The van der Waals surface area contributed by atoms with Crippen molar-refractivity contribution < 1.29 is 0 Å². The van der Waals surface area contributed by atoms with E-state index in [4.69, 9.17) is 10.7 Å². The molecule has 104 valence electrons. The number of nitrogens with two attached hydrogens (primary N) is 1. The van der Waals surface area contributed by atoms with Gasteiger partial charge in [-0.05, 0) is 24.2 Å². The van der Waals surface area contributed by atoms with Gasteiger partial charge in [0.05, 0.1) is 5.69 Å². The first-order valence-corrected chi connectivity index (χ1v) is 7.42. The lowest BCUT2D eigenvalue weighted by molar-refractivity contribution is 0.857. The van der Waals surface area contributed by atoms with Crippen LogP contribution in [0.25, 0.3) is 4.96 Å². The number of nitrogens with zero attached hydrogens (tertiary/aromatic N) is 4. The molecular weight excluding hydrogens is 270 g/mol. The molecule has 0 bridgehead atoms. The Labute approximate surface area is 121 Å². The van der Waals surface area contributed by atoms with Gasteiger partial charge in [0, 0.05) is 44.0 Å². The van der Waals surface area contributed by atoms with Crippen molar-refractivity contribution in [2.24, 2.45) is 5.73 Å². The number of hydrogen-bond acceptors (Lipinski definition) is 5. The van der Waals surface area contributed by atoms with Crippen LogP contribution in [0.2, 0.25) is 0 Å². The molecule has 6 heteroatoms. The van der Waals surface area contributed by atoms with Crippen molar-refractivity contribution in [2.45, 2.75) is 13.0 Å². The molecule has 2 N–H and O–H groups in total. The summed E-state index contributed by atoms with van der Waals surface area (Å²) in [5, 5.41) is 2.05. The van der Waals surface area contributed by atoms with Gasteiger partial charge in [-0.15, -0.1) is 11.3 Å². The highest BCUT2D eigenvalue weighted by molar-refractivity contribution is 7.15. The molecule has 3 aromatic heterocycles. The minimum absolute atomic E-state index is 0.625. The average Bonchev–Trinajstić information content (AvgIpc) is 3.03. The fourth-order valence-electron chi connectivity index (χ4n) is 2.33. The molecule has 3 aromatic rings. The number of pyridine rings is 1. The van der Waals surface area contributed by atoms with Crippen molar-refractivity contribution in [3.05, 3.63) is 47.4 Å². The number of imidazole rings is 1. The van der Waals surface area contributed by atoms with Crippen LogP contribution in [-0.2, 0) is 13.0 Å². The lowest BCUT2D eigenvalue weighted by Crippen LogP contribution is -2.19. The number of thiazole rings is 1. The van der Waals surface area contributed by atoms with Crippen LogP contribution in [0.5, 0.6) is 0 Å². The summed E-state index contributed by atoms with van der Waals surface area (Å²) in [4.78, 5) is 12.0. The standard InChI is InChI=1S/C14H17N5S/c1-18(10-11-3-6-16-7-4-11)13-12(2-5-15)19-8-9-20-14(19)17-13/h3-4,6-9H,2,5,10,15H2,1H3. The van der Waals surface area contributed by atoms with Crippen LogP contribution in [0, 0.1) is 0 Å². The molecular formula is C14H17N5S. The lowest BCUT2D eigenvalue weighted by Gasteiger charge is -2.18. The van der Waals surface area contributed by atoms with E-state index in [1.54, 1.807) is 11.3 Å². The van der Waals surface area contributed by atoms with Crippen LogP contribution in [0.1, 0.15) is 11.3 Å². The van der Waals surface area contributed by atoms with Gasteiger partial charge in [-0.1, -0.05) is 0 Å². The number of aromatic nitrogens is 3. The summed E-state index contributed by atoms with van der Waals surface area (Å²) in [6.07, 6.45) is 6.51. The lowest BCUT2D eigenvalue weighted by atomic mass is 10.2. The van der Waals surface area contributed by atoms with E-state index in [0.717, 1.165) is 23.7 Å². The number of fused-ring (bicyclic) bond motifs is 1. The predicted octanol–water partition coefficient (Wildman–Crippen LogP) is 1.93. The average molecular weight is 287 g/mol. The van der Waals surface area contributed by atoms with Gasteiger partial charge in [0.25, 0.3) is 0 Å². The van der Waals surface area contributed by atoms with Crippen LogP contribution < -0.4 is 10.6 Å². The van der Waals surface area contributed by atoms with E-state index in [-0.39, 0.29) is 0 Å². The summed E-state index contributed by atoms with van der Waals surface area (Å²) in [6, 6.07) is 4.05. The maximum atomic E-state index is 5.74. The summed E-state index contributed by atoms with van der Waals surface area (Å²) in [7, 11) is 2.06. The maximum absolute atomic E-state index is 5.74. The van der Waals surface area contributed by atoms with E-state index in [0.29, 0.717) is 6.54 Å². The maximum Gasteiger partial charge on any atom is 0.195 e. The van der Waals surface area contributed by atoms with Gasteiger partial charge < -0.3 is 10.6 Å². The first-order chi connectivity index (χ1) is 9.79. The highest BCUT2D eigenvalue weighted by Crippen LogP contribution is 2.25. The van der Waals surface area contributed by atoms with E-state index < -0.39 is 0 Å². The zero-order valence-corrected chi connectivity index (χ0v) is 12.2. The predicted molar refractivity (Wildman–Crippen MR) is 82.2 cm³/mol.